The van der Waals surface area contributed by atoms with Crippen molar-refractivity contribution in [2.24, 2.45) is 11.8 Å². The summed E-state index contributed by atoms with van der Waals surface area (Å²) >= 11 is 0. The van der Waals surface area contributed by atoms with Crippen molar-refractivity contribution in [3.05, 3.63) is 35.4 Å². The first kappa shape index (κ1) is 15.1. The number of carbonyl (C=O) groups excluding carboxylic acids is 1. The van der Waals surface area contributed by atoms with Gasteiger partial charge in [-0.25, -0.2) is 0 Å². The number of hydrogen-bond donors (Lipinski definition) is 1. The number of nitrogens with one attached hydrogen (secondary N) is 1. The molecule has 4 heteroatoms. The molecule has 1 saturated heterocycles. The van der Waals surface area contributed by atoms with Crippen molar-refractivity contribution in [2.45, 2.75) is 32.2 Å². The van der Waals surface area contributed by atoms with Crippen molar-refractivity contribution in [3.8, 4) is 6.07 Å². The zero-order valence-corrected chi connectivity index (χ0v) is 12.9. The molecule has 1 aliphatic heterocycles. The van der Waals surface area contributed by atoms with Crippen molar-refractivity contribution in [1.29, 1.82) is 5.26 Å². The summed E-state index contributed by atoms with van der Waals surface area (Å²) in [6.45, 7) is 3.42. The molecule has 0 bridgehead atoms. The lowest BCUT2D eigenvalue weighted by Crippen LogP contribution is -2.43. The van der Waals surface area contributed by atoms with Crippen molar-refractivity contribution in [3.63, 3.8) is 0 Å². The zero-order chi connectivity index (χ0) is 15.4. The Bertz CT molecular complexity index is 574. The molecule has 0 aromatic heterocycles. The van der Waals surface area contributed by atoms with Gasteiger partial charge in [0.25, 0.3) is 0 Å². The number of benzene rings is 1. The molecule has 4 nitrogen and oxygen atoms in total. The molecule has 0 unspecified atom stereocenters. The molecule has 1 amide bonds. The Morgan fingerprint density at radius 1 is 1.32 bits per heavy atom. The van der Waals surface area contributed by atoms with Crippen LogP contribution in [-0.4, -0.2) is 30.4 Å². The van der Waals surface area contributed by atoms with Crippen LogP contribution in [0.5, 0.6) is 0 Å². The van der Waals surface area contributed by atoms with Gasteiger partial charge >= 0.3 is 0 Å². The second-order valence-electron chi connectivity index (χ2n) is 6.53. The number of nitrogens with zero attached hydrogens (tertiary/aromatic N) is 2. The molecule has 116 valence electrons. The zero-order valence-electron chi connectivity index (χ0n) is 12.9. The molecule has 0 spiro atoms. The molecule has 1 N–H and O–H groups in total. The highest BCUT2D eigenvalue weighted by atomic mass is 16.1. The van der Waals surface area contributed by atoms with Crippen LogP contribution in [0.2, 0.25) is 0 Å². The van der Waals surface area contributed by atoms with Crippen molar-refractivity contribution in [1.82, 2.24) is 10.2 Å². The SMILES string of the molecule is N#Cc1ccccc1CN1CCC[C@H](C(=O)NCC2CC2)C1. The quantitative estimate of drug-likeness (QED) is 0.907. The maximum absolute atomic E-state index is 12.3. The lowest BCUT2D eigenvalue weighted by atomic mass is 9.96. The number of carbonyl (C=O) groups is 1. The Morgan fingerprint density at radius 3 is 2.91 bits per heavy atom. The van der Waals surface area contributed by atoms with E-state index in [-0.39, 0.29) is 11.8 Å². The Balaban J connectivity index is 1.55. The molecule has 22 heavy (non-hydrogen) atoms. The predicted octanol–water partition coefficient (Wildman–Crippen LogP) is 2.30. The van der Waals surface area contributed by atoms with E-state index in [0.29, 0.717) is 0 Å². The van der Waals surface area contributed by atoms with Gasteiger partial charge in [-0.1, -0.05) is 18.2 Å². The number of likely N-dealkylation sites (tertiary alicyclic amines) is 1. The maximum atomic E-state index is 12.3. The summed E-state index contributed by atoms with van der Waals surface area (Å²) < 4.78 is 0. The Hall–Kier alpha value is -1.86. The summed E-state index contributed by atoms with van der Waals surface area (Å²) in [5.41, 5.74) is 1.80. The summed E-state index contributed by atoms with van der Waals surface area (Å²) in [4.78, 5) is 14.6. The summed E-state index contributed by atoms with van der Waals surface area (Å²) in [5, 5.41) is 12.3. The fourth-order valence-corrected chi connectivity index (χ4v) is 3.13. The van der Waals surface area contributed by atoms with Crippen LogP contribution in [0.3, 0.4) is 0 Å². The van der Waals surface area contributed by atoms with Gasteiger partial charge in [0.2, 0.25) is 5.91 Å². The molecule has 1 heterocycles. The third-order valence-corrected chi connectivity index (χ3v) is 4.67. The van der Waals surface area contributed by atoms with Gasteiger partial charge in [-0.15, -0.1) is 0 Å². The number of nitriles is 1. The van der Waals surface area contributed by atoms with Crippen molar-refractivity contribution < 1.29 is 4.79 Å². The van der Waals surface area contributed by atoms with Gasteiger partial charge in [0.1, 0.15) is 0 Å². The van der Waals surface area contributed by atoms with Gasteiger partial charge < -0.3 is 5.32 Å². The van der Waals surface area contributed by atoms with Crippen LogP contribution in [0, 0.1) is 23.2 Å². The molecule has 1 aromatic rings. The first-order valence-electron chi connectivity index (χ1n) is 8.24. The number of amides is 1. The Labute approximate surface area is 132 Å². The van der Waals surface area contributed by atoms with E-state index in [1.165, 1.54) is 12.8 Å². The van der Waals surface area contributed by atoms with E-state index in [0.717, 1.165) is 56.1 Å². The normalized spacial score (nSPS) is 22.0. The highest BCUT2D eigenvalue weighted by Gasteiger charge is 2.28. The maximum Gasteiger partial charge on any atom is 0.224 e. The van der Waals surface area contributed by atoms with Gasteiger partial charge in [0.15, 0.2) is 0 Å². The van der Waals surface area contributed by atoms with E-state index in [4.69, 9.17) is 0 Å². The van der Waals surface area contributed by atoms with E-state index in [1.807, 2.05) is 24.3 Å². The number of hydrogen-bond acceptors (Lipinski definition) is 3. The summed E-state index contributed by atoms with van der Waals surface area (Å²) in [6.07, 6.45) is 4.56. The predicted molar refractivity (Wildman–Crippen MR) is 84.9 cm³/mol. The average molecular weight is 297 g/mol. The van der Waals surface area contributed by atoms with E-state index in [1.54, 1.807) is 0 Å². The van der Waals surface area contributed by atoms with Crippen LogP contribution < -0.4 is 5.32 Å². The molecular weight excluding hydrogens is 274 g/mol. The Kier molecular flexibility index (Phi) is 4.74. The van der Waals surface area contributed by atoms with Crippen LogP contribution in [-0.2, 0) is 11.3 Å². The number of piperidine rings is 1. The smallest absolute Gasteiger partial charge is 0.224 e. The van der Waals surface area contributed by atoms with Crippen LogP contribution in [0.15, 0.2) is 24.3 Å². The first-order valence-corrected chi connectivity index (χ1v) is 8.24. The second kappa shape index (κ2) is 6.93. The molecule has 1 aliphatic carbocycles. The van der Waals surface area contributed by atoms with Crippen LogP contribution in [0.25, 0.3) is 0 Å². The van der Waals surface area contributed by atoms with Crippen molar-refractivity contribution in [2.75, 3.05) is 19.6 Å². The van der Waals surface area contributed by atoms with Crippen LogP contribution in [0.4, 0.5) is 0 Å². The third kappa shape index (κ3) is 3.86. The highest BCUT2D eigenvalue weighted by molar-refractivity contribution is 5.79. The number of rotatable bonds is 5. The van der Waals surface area contributed by atoms with Gasteiger partial charge in [0, 0.05) is 19.6 Å². The molecule has 1 aromatic carbocycles. The fraction of sp³-hybridized carbons (Fsp3) is 0.556. The van der Waals surface area contributed by atoms with Crippen molar-refractivity contribution >= 4 is 5.91 Å². The van der Waals surface area contributed by atoms with E-state index < -0.39 is 0 Å². The molecule has 1 atom stereocenters. The van der Waals surface area contributed by atoms with E-state index >= 15 is 0 Å². The highest BCUT2D eigenvalue weighted by Crippen LogP contribution is 2.28. The van der Waals surface area contributed by atoms with Gasteiger partial charge in [0.05, 0.1) is 17.6 Å². The topological polar surface area (TPSA) is 56.1 Å². The second-order valence-corrected chi connectivity index (χ2v) is 6.53. The molecule has 0 radical (unpaired) electrons. The van der Waals surface area contributed by atoms with Gasteiger partial charge in [-0.3, -0.25) is 9.69 Å². The van der Waals surface area contributed by atoms with E-state index in [2.05, 4.69) is 16.3 Å². The molecule has 2 aliphatic rings. The van der Waals surface area contributed by atoms with Gasteiger partial charge in [-0.05, 0) is 49.8 Å². The van der Waals surface area contributed by atoms with Crippen LogP contribution >= 0.6 is 0 Å². The largest absolute Gasteiger partial charge is 0.356 e. The minimum absolute atomic E-state index is 0.0988. The standard InChI is InChI=1S/C18H23N3O/c19-10-15-4-1-2-5-16(15)12-21-9-3-6-17(13-21)18(22)20-11-14-7-8-14/h1-2,4-5,14,17H,3,6-9,11-13H2,(H,20,22)/t17-/m0/s1. The third-order valence-electron chi connectivity index (χ3n) is 4.67. The summed E-state index contributed by atoms with van der Waals surface area (Å²) in [7, 11) is 0. The Morgan fingerprint density at radius 2 is 2.14 bits per heavy atom. The lowest BCUT2D eigenvalue weighted by molar-refractivity contribution is -0.126. The summed E-state index contributed by atoms with van der Waals surface area (Å²) in [6, 6.07) is 9.99. The molecule has 3 rings (SSSR count). The monoisotopic (exact) mass is 297 g/mol. The van der Waals surface area contributed by atoms with Crippen LogP contribution in [0.1, 0.15) is 36.8 Å². The average Bonchev–Trinajstić information content (AvgIpc) is 3.38. The molecule has 2 fully saturated rings. The summed E-state index contributed by atoms with van der Waals surface area (Å²) in [5.74, 6) is 1.04. The first-order chi connectivity index (χ1) is 10.8. The molecule has 1 saturated carbocycles. The minimum Gasteiger partial charge on any atom is -0.356 e. The fourth-order valence-electron chi connectivity index (χ4n) is 3.13. The minimum atomic E-state index is 0.0988. The van der Waals surface area contributed by atoms with Gasteiger partial charge in [-0.2, -0.15) is 5.26 Å². The molecular formula is C18H23N3O. The lowest BCUT2D eigenvalue weighted by Gasteiger charge is -2.32. The van der Waals surface area contributed by atoms with E-state index in [9.17, 15) is 10.1 Å².